The second-order valence-electron chi connectivity index (χ2n) is 6.72. The van der Waals surface area contributed by atoms with Crippen molar-refractivity contribution in [3.05, 3.63) is 94.1 Å². The van der Waals surface area contributed by atoms with Gasteiger partial charge in [-0.05, 0) is 42.8 Å². The van der Waals surface area contributed by atoms with Crippen LogP contribution in [0.3, 0.4) is 0 Å². The van der Waals surface area contributed by atoms with E-state index < -0.39 is 6.04 Å². The molecule has 0 aliphatic carbocycles. The van der Waals surface area contributed by atoms with Gasteiger partial charge in [0.05, 0.1) is 23.0 Å². The van der Waals surface area contributed by atoms with E-state index in [0.29, 0.717) is 32.5 Å². The molecule has 2 aromatic carbocycles. The number of carbonyl (C=O) groups is 1. The number of nitrogens with one attached hydrogen (secondary N) is 1. The molecule has 9 heteroatoms. The summed E-state index contributed by atoms with van der Waals surface area (Å²) in [5.74, 6) is 1.10. The van der Waals surface area contributed by atoms with E-state index >= 15 is 0 Å². The molecule has 0 spiro atoms. The van der Waals surface area contributed by atoms with Crippen molar-refractivity contribution in [3.8, 4) is 5.69 Å². The Morgan fingerprint density at radius 1 is 1.13 bits per heavy atom. The fraction of sp³-hybridized carbons (Fsp3) is 0.136. The van der Waals surface area contributed by atoms with Gasteiger partial charge in [0, 0.05) is 10.8 Å². The van der Waals surface area contributed by atoms with Gasteiger partial charge in [0.1, 0.15) is 0 Å². The standard InChI is InChI=1S/C22H18Cl2N4O2S/c1-14(25-21(29)19-8-5-11-30-19)20-26-27-22(31-13-15-6-3-2-4-7-15)28(20)18-12-16(23)9-10-17(18)24/h2-12,14H,13H2,1H3,(H,25,29). The van der Waals surface area contributed by atoms with Crippen molar-refractivity contribution in [2.45, 2.75) is 23.9 Å². The maximum absolute atomic E-state index is 12.5. The molecule has 4 rings (SSSR count). The first kappa shape index (κ1) is 21.5. The Hall–Kier alpha value is -2.74. The van der Waals surface area contributed by atoms with Crippen LogP contribution in [0.25, 0.3) is 5.69 Å². The Kier molecular flexibility index (Phi) is 6.65. The fourth-order valence-corrected chi connectivity index (χ4v) is 4.28. The Balaban J connectivity index is 1.68. The fourth-order valence-electron chi connectivity index (χ4n) is 3.00. The highest BCUT2D eigenvalue weighted by Gasteiger charge is 2.23. The maximum Gasteiger partial charge on any atom is 0.287 e. The molecule has 158 valence electrons. The summed E-state index contributed by atoms with van der Waals surface area (Å²) in [6.07, 6.45) is 1.45. The first-order valence-electron chi connectivity index (χ1n) is 9.45. The number of benzene rings is 2. The zero-order valence-corrected chi connectivity index (χ0v) is 18.8. The van der Waals surface area contributed by atoms with Crippen LogP contribution >= 0.6 is 35.0 Å². The predicted molar refractivity (Wildman–Crippen MR) is 122 cm³/mol. The second kappa shape index (κ2) is 9.60. The van der Waals surface area contributed by atoms with Crippen molar-refractivity contribution in [3.63, 3.8) is 0 Å². The topological polar surface area (TPSA) is 73.0 Å². The zero-order chi connectivity index (χ0) is 21.8. The number of thioether (sulfide) groups is 1. The minimum absolute atomic E-state index is 0.220. The molecule has 0 aliphatic heterocycles. The molecule has 2 aromatic heterocycles. The average Bonchev–Trinajstić information content (AvgIpc) is 3.45. The number of hydrogen-bond acceptors (Lipinski definition) is 5. The molecule has 31 heavy (non-hydrogen) atoms. The summed E-state index contributed by atoms with van der Waals surface area (Å²) in [4.78, 5) is 12.5. The van der Waals surface area contributed by atoms with Gasteiger partial charge < -0.3 is 9.73 Å². The second-order valence-corrected chi connectivity index (χ2v) is 8.50. The van der Waals surface area contributed by atoms with E-state index in [1.165, 1.54) is 18.0 Å². The first-order chi connectivity index (χ1) is 15.0. The molecule has 1 amide bonds. The first-order valence-corrected chi connectivity index (χ1v) is 11.2. The van der Waals surface area contributed by atoms with Crippen LogP contribution in [0.1, 0.15) is 34.9 Å². The number of amides is 1. The Morgan fingerprint density at radius 2 is 1.94 bits per heavy atom. The molecule has 1 atom stereocenters. The van der Waals surface area contributed by atoms with Gasteiger partial charge in [-0.25, -0.2) is 0 Å². The third-order valence-electron chi connectivity index (χ3n) is 4.50. The highest BCUT2D eigenvalue weighted by Crippen LogP contribution is 2.32. The summed E-state index contributed by atoms with van der Waals surface area (Å²) >= 11 is 14.3. The third-order valence-corrected chi connectivity index (χ3v) is 6.05. The van der Waals surface area contributed by atoms with Crippen LogP contribution in [0.5, 0.6) is 0 Å². The quantitative estimate of drug-likeness (QED) is 0.336. The van der Waals surface area contributed by atoms with Crippen LogP contribution in [0.2, 0.25) is 10.0 Å². The molecule has 0 bridgehead atoms. The highest BCUT2D eigenvalue weighted by atomic mass is 35.5. The molecule has 0 fully saturated rings. The number of halogens is 2. The monoisotopic (exact) mass is 472 g/mol. The van der Waals surface area contributed by atoms with Crippen LogP contribution in [-0.2, 0) is 5.75 Å². The molecule has 1 N–H and O–H groups in total. The minimum atomic E-state index is -0.466. The summed E-state index contributed by atoms with van der Waals surface area (Å²) < 4.78 is 7.01. The lowest BCUT2D eigenvalue weighted by Crippen LogP contribution is -2.28. The van der Waals surface area contributed by atoms with Crippen molar-refractivity contribution in [2.24, 2.45) is 0 Å². The van der Waals surface area contributed by atoms with Crippen molar-refractivity contribution in [1.29, 1.82) is 0 Å². The molecule has 2 heterocycles. The molecule has 0 saturated carbocycles. The molecular formula is C22H18Cl2N4O2S. The molecule has 0 aliphatic rings. The van der Waals surface area contributed by atoms with Gasteiger partial charge in [-0.15, -0.1) is 10.2 Å². The van der Waals surface area contributed by atoms with Crippen molar-refractivity contribution in [1.82, 2.24) is 20.1 Å². The summed E-state index contributed by atoms with van der Waals surface area (Å²) in [5, 5.41) is 13.3. The van der Waals surface area contributed by atoms with Crippen molar-refractivity contribution < 1.29 is 9.21 Å². The molecule has 0 radical (unpaired) electrons. The lowest BCUT2D eigenvalue weighted by Gasteiger charge is -2.17. The van der Waals surface area contributed by atoms with Gasteiger partial charge in [0.15, 0.2) is 16.7 Å². The van der Waals surface area contributed by atoms with E-state index in [9.17, 15) is 4.79 Å². The Labute approximate surface area is 193 Å². The summed E-state index contributed by atoms with van der Waals surface area (Å²) in [5.41, 5.74) is 1.80. The lowest BCUT2D eigenvalue weighted by molar-refractivity contribution is 0.0910. The number of nitrogens with zero attached hydrogens (tertiary/aromatic N) is 3. The van der Waals surface area contributed by atoms with E-state index in [2.05, 4.69) is 15.5 Å². The van der Waals surface area contributed by atoms with Crippen LogP contribution in [0.15, 0.2) is 76.5 Å². The normalized spacial score (nSPS) is 12.0. The van der Waals surface area contributed by atoms with Gasteiger partial charge in [0.2, 0.25) is 0 Å². The third kappa shape index (κ3) is 4.95. The number of rotatable bonds is 7. The molecule has 1 unspecified atom stereocenters. The zero-order valence-electron chi connectivity index (χ0n) is 16.5. The lowest BCUT2D eigenvalue weighted by atomic mass is 10.2. The van der Waals surface area contributed by atoms with Crippen LogP contribution < -0.4 is 5.32 Å². The van der Waals surface area contributed by atoms with E-state index in [1.807, 2.05) is 41.8 Å². The smallest absolute Gasteiger partial charge is 0.287 e. The largest absolute Gasteiger partial charge is 0.459 e. The summed E-state index contributed by atoms with van der Waals surface area (Å²) in [6.45, 7) is 1.82. The van der Waals surface area contributed by atoms with E-state index in [-0.39, 0.29) is 11.7 Å². The highest BCUT2D eigenvalue weighted by molar-refractivity contribution is 7.98. The van der Waals surface area contributed by atoms with Gasteiger partial charge in [0.25, 0.3) is 5.91 Å². The summed E-state index contributed by atoms with van der Waals surface area (Å²) in [6, 6.07) is 18.0. The van der Waals surface area contributed by atoms with Crippen LogP contribution in [0, 0.1) is 0 Å². The minimum Gasteiger partial charge on any atom is -0.459 e. The van der Waals surface area contributed by atoms with Crippen LogP contribution in [-0.4, -0.2) is 20.7 Å². The molecule has 4 aromatic rings. The molecule has 0 saturated heterocycles. The van der Waals surface area contributed by atoms with Gasteiger partial charge in [-0.2, -0.15) is 0 Å². The maximum atomic E-state index is 12.5. The number of hydrogen-bond donors (Lipinski definition) is 1. The number of carbonyl (C=O) groups excluding carboxylic acids is 1. The van der Waals surface area contributed by atoms with E-state index in [0.717, 1.165) is 5.56 Å². The molecular weight excluding hydrogens is 455 g/mol. The van der Waals surface area contributed by atoms with Gasteiger partial charge >= 0.3 is 0 Å². The van der Waals surface area contributed by atoms with Gasteiger partial charge in [-0.1, -0.05) is 65.3 Å². The van der Waals surface area contributed by atoms with Gasteiger partial charge in [-0.3, -0.25) is 9.36 Å². The van der Waals surface area contributed by atoms with E-state index in [1.54, 1.807) is 30.3 Å². The summed E-state index contributed by atoms with van der Waals surface area (Å²) in [7, 11) is 0. The van der Waals surface area contributed by atoms with E-state index in [4.69, 9.17) is 27.6 Å². The predicted octanol–water partition coefficient (Wildman–Crippen LogP) is 5.95. The number of aromatic nitrogens is 3. The SMILES string of the molecule is CC(NC(=O)c1ccco1)c1nnc(SCc2ccccc2)n1-c1cc(Cl)ccc1Cl. The number of furan rings is 1. The Morgan fingerprint density at radius 3 is 2.68 bits per heavy atom. The Bertz CT molecular complexity index is 1180. The van der Waals surface area contributed by atoms with Crippen molar-refractivity contribution in [2.75, 3.05) is 0 Å². The average molecular weight is 473 g/mol. The molecule has 6 nitrogen and oxygen atoms in total. The van der Waals surface area contributed by atoms with Crippen molar-refractivity contribution >= 4 is 40.9 Å². The van der Waals surface area contributed by atoms with Crippen LogP contribution in [0.4, 0.5) is 0 Å².